The lowest BCUT2D eigenvalue weighted by Crippen LogP contribution is -2.39. The van der Waals surface area contributed by atoms with E-state index in [1.54, 1.807) is 11.0 Å². The number of benzene rings is 1. The van der Waals surface area contributed by atoms with Crippen LogP contribution in [0.5, 0.6) is 0 Å². The highest BCUT2D eigenvalue weighted by Crippen LogP contribution is 2.30. The largest absolute Gasteiger partial charge is 0.333 e. The van der Waals surface area contributed by atoms with Gasteiger partial charge in [0, 0.05) is 13.1 Å². The first kappa shape index (κ1) is 31.4. The van der Waals surface area contributed by atoms with Crippen molar-refractivity contribution in [2.45, 2.75) is 85.7 Å². The molecule has 1 N–H and O–H groups in total. The van der Waals surface area contributed by atoms with Gasteiger partial charge in [0.2, 0.25) is 5.95 Å². The summed E-state index contributed by atoms with van der Waals surface area (Å²) in [6, 6.07) is 10.6. The van der Waals surface area contributed by atoms with Crippen molar-refractivity contribution in [3.05, 3.63) is 57.3 Å². The molecule has 1 saturated heterocycles. The molecule has 2 amide bonds. The zero-order valence-corrected chi connectivity index (χ0v) is 25.7. The van der Waals surface area contributed by atoms with Crippen LogP contribution < -0.4 is 5.32 Å². The number of nitrogens with zero attached hydrogens (tertiary/aromatic N) is 4. The minimum absolute atomic E-state index is 0.0589. The van der Waals surface area contributed by atoms with Crippen LogP contribution in [0.1, 0.15) is 86.8 Å². The molecule has 224 valence electrons. The summed E-state index contributed by atoms with van der Waals surface area (Å²) >= 11 is 0.753. The number of fused-ring (bicyclic) bond motifs is 1. The van der Waals surface area contributed by atoms with Crippen molar-refractivity contribution in [3.8, 4) is 6.07 Å². The van der Waals surface area contributed by atoms with E-state index >= 15 is 0 Å². The number of rotatable bonds is 10. The standard InChI is InChI=1S/C32H39F2N5O2S/c1-20(2)16-22(18-35)30(41)38-15-7-9-23(38)19-39-25-17-21(8-6-14-32(3,4)5)10-11-24(25)36-31(39)37-29(40)27-13-12-26(42-27)28(33)34/h10-13,16-17,20,23,28H,6-9,14-15,19H2,1-5H3,(H,36,37,40)/t23-/m1/s1. The Kier molecular flexibility index (Phi) is 9.82. The number of aromatic nitrogens is 2. The van der Waals surface area contributed by atoms with Crippen LogP contribution >= 0.6 is 11.3 Å². The predicted octanol–water partition coefficient (Wildman–Crippen LogP) is 7.75. The Hall–Kier alpha value is -3.58. The number of aryl methyl sites for hydroxylation is 1. The lowest BCUT2D eigenvalue weighted by atomic mass is 9.89. The van der Waals surface area contributed by atoms with Gasteiger partial charge in [0.1, 0.15) is 11.6 Å². The molecule has 2 aromatic heterocycles. The summed E-state index contributed by atoms with van der Waals surface area (Å²) in [6.45, 7) is 11.4. The summed E-state index contributed by atoms with van der Waals surface area (Å²) < 4.78 is 28.2. The van der Waals surface area contributed by atoms with E-state index in [1.165, 1.54) is 12.1 Å². The number of alkyl halides is 2. The summed E-state index contributed by atoms with van der Waals surface area (Å²) in [4.78, 5) is 32.9. The molecular weight excluding hydrogens is 556 g/mol. The smallest absolute Gasteiger partial charge is 0.272 e. The number of nitrogens with one attached hydrogen (secondary N) is 1. The van der Waals surface area contributed by atoms with Crippen molar-refractivity contribution in [1.29, 1.82) is 5.26 Å². The van der Waals surface area contributed by atoms with Gasteiger partial charge in [-0.1, -0.05) is 46.8 Å². The number of halogens is 2. The highest BCUT2D eigenvalue weighted by atomic mass is 32.1. The molecule has 1 atom stereocenters. The molecule has 0 radical (unpaired) electrons. The summed E-state index contributed by atoms with van der Waals surface area (Å²) in [6.07, 6.45) is 3.59. The number of hydrogen-bond donors (Lipinski definition) is 1. The summed E-state index contributed by atoms with van der Waals surface area (Å²) in [7, 11) is 0. The van der Waals surface area contributed by atoms with E-state index in [9.17, 15) is 23.6 Å². The second kappa shape index (κ2) is 13.2. The molecule has 1 fully saturated rings. The van der Waals surface area contributed by atoms with Crippen molar-refractivity contribution >= 4 is 40.1 Å². The molecular formula is C32H39F2N5O2S. The van der Waals surface area contributed by atoms with E-state index in [0.717, 1.165) is 54.5 Å². The summed E-state index contributed by atoms with van der Waals surface area (Å²) in [5.41, 5.74) is 3.04. The third-order valence-electron chi connectivity index (χ3n) is 7.38. The van der Waals surface area contributed by atoms with Gasteiger partial charge in [-0.25, -0.2) is 13.8 Å². The molecule has 3 aromatic rings. The topological polar surface area (TPSA) is 91.0 Å². The van der Waals surface area contributed by atoms with Gasteiger partial charge in [-0.15, -0.1) is 11.3 Å². The maximum Gasteiger partial charge on any atom is 0.272 e. The van der Waals surface area contributed by atoms with E-state index in [0.29, 0.717) is 24.6 Å². The maximum absolute atomic E-state index is 13.4. The van der Waals surface area contributed by atoms with Gasteiger partial charge in [0.25, 0.3) is 18.2 Å². The Bertz CT molecular complexity index is 1510. The molecule has 0 bridgehead atoms. The first-order chi connectivity index (χ1) is 19.9. The van der Waals surface area contributed by atoms with E-state index in [2.05, 4.69) is 38.2 Å². The number of likely N-dealkylation sites (tertiary alicyclic amines) is 1. The third kappa shape index (κ3) is 7.62. The predicted molar refractivity (Wildman–Crippen MR) is 163 cm³/mol. The van der Waals surface area contributed by atoms with Crippen LogP contribution in [-0.4, -0.2) is 38.9 Å². The number of anilines is 1. The molecule has 0 unspecified atom stereocenters. The van der Waals surface area contributed by atoms with Crippen LogP contribution in [0.2, 0.25) is 0 Å². The molecule has 0 aliphatic carbocycles. The maximum atomic E-state index is 13.4. The van der Waals surface area contributed by atoms with Crippen LogP contribution in [0.3, 0.4) is 0 Å². The monoisotopic (exact) mass is 595 g/mol. The summed E-state index contributed by atoms with van der Waals surface area (Å²) in [5, 5.41) is 12.5. The van der Waals surface area contributed by atoms with Crippen molar-refractivity contribution in [1.82, 2.24) is 14.5 Å². The van der Waals surface area contributed by atoms with Gasteiger partial charge in [0.15, 0.2) is 0 Å². The SMILES string of the molecule is CC(C)C=C(C#N)C(=O)N1CCC[C@@H]1Cn1c(NC(=O)c2ccc(C(F)F)s2)nc2ccc(CCCC(C)(C)C)cc21. The number of nitriles is 1. The zero-order valence-electron chi connectivity index (χ0n) is 24.9. The number of carbonyl (C=O) groups is 2. The normalized spacial score (nSPS) is 16.0. The third-order valence-corrected chi connectivity index (χ3v) is 8.47. The highest BCUT2D eigenvalue weighted by molar-refractivity contribution is 7.14. The second-order valence-electron chi connectivity index (χ2n) is 12.5. The molecule has 4 rings (SSSR count). The Labute approximate surface area is 250 Å². The molecule has 42 heavy (non-hydrogen) atoms. The van der Waals surface area contributed by atoms with Crippen LogP contribution in [0.4, 0.5) is 14.7 Å². The molecule has 10 heteroatoms. The number of allylic oxidation sites excluding steroid dienone is 1. The number of imidazole rings is 1. The van der Waals surface area contributed by atoms with Crippen LogP contribution in [0.25, 0.3) is 11.0 Å². The fraction of sp³-hybridized carbons (Fsp3) is 0.500. The van der Waals surface area contributed by atoms with Crippen molar-refractivity contribution in [2.75, 3.05) is 11.9 Å². The molecule has 1 aromatic carbocycles. The summed E-state index contributed by atoms with van der Waals surface area (Å²) in [5.74, 6) is -0.445. The molecule has 1 aliphatic heterocycles. The fourth-order valence-electron chi connectivity index (χ4n) is 5.33. The average Bonchev–Trinajstić information content (AvgIpc) is 3.66. The van der Waals surface area contributed by atoms with Crippen LogP contribution in [0, 0.1) is 22.7 Å². The second-order valence-corrected chi connectivity index (χ2v) is 13.6. The molecule has 3 heterocycles. The molecule has 0 saturated carbocycles. The van der Waals surface area contributed by atoms with E-state index in [4.69, 9.17) is 4.98 Å². The van der Waals surface area contributed by atoms with Crippen molar-refractivity contribution < 1.29 is 18.4 Å². The van der Waals surface area contributed by atoms with Crippen molar-refractivity contribution in [3.63, 3.8) is 0 Å². The highest BCUT2D eigenvalue weighted by Gasteiger charge is 2.32. The fourth-order valence-corrected chi connectivity index (χ4v) is 6.09. The minimum atomic E-state index is -2.65. The van der Waals surface area contributed by atoms with Gasteiger partial charge in [-0.2, -0.15) is 5.26 Å². The van der Waals surface area contributed by atoms with Gasteiger partial charge < -0.3 is 9.47 Å². The van der Waals surface area contributed by atoms with Gasteiger partial charge >= 0.3 is 0 Å². The van der Waals surface area contributed by atoms with Gasteiger partial charge in [-0.3, -0.25) is 14.9 Å². The quantitative estimate of drug-likeness (QED) is 0.192. The lowest BCUT2D eigenvalue weighted by molar-refractivity contribution is -0.127. The first-order valence-electron chi connectivity index (χ1n) is 14.5. The average molecular weight is 596 g/mol. The Balaban J connectivity index is 1.67. The van der Waals surface area contributed by atoms with Crippen LogP contribution in [0.15, 0.2) is 42.0 Å². The van der Waals surface area contributed by atoms with E-state index in [1.807, 2.05) is 30.5 Å². The lowest BCUT2D eigenvalue weighted by Gasteiger charge is -2.26. The Morgan fingerprint density at radius 1 is 1.24 bits per heavy atom. The van der Waals surface area contributed by atoms with E-state index < -0.39 is 12.3 Å². The van der Waals surface area contributed by atoms with E-state index in [-0.39, 0.29) is 38.6 Å². The minimum Gasteiger partial charge on any atom is -0.333 e. The van der Waals surface area contributed by atoms with Crippen molar-refractivity contribution in [2.24, 2.45) is 11.3 Å². The number of thiophene rings is 1. The van der Waals surface area contributed by atoms with Gasteiger partial charge in [0.05, 0.1) is 26.8 Å². The number of carbonyl (C=O) groups excluding carboxylic acids is 2. The molecule has 0 spiro atoms. The number of amides is 2. The Morgan fingerprint density at radius 2 is 2.00 bits per heavy atom. The molecule has 7 nitrogen and oxygen atoms in total. The Morgan fingerprint density at radius 3 is 2.64 bits per heavy atom. The molecule has 1 aliphatic rings. The number of hydrogen-bond acceptors (Lipinski definition) is 5. The van der Waals surface area contributed by atoms with Crippen LogP contribution in [-0.2, 0) is 17.8 Å². The van der Waals surface area contributed by atoms with Gasteiger partial charge in [-0.05, 0) is 73.3 Å². The first-order valence-corrected chi connectivity index (χ1v) is 15.3. The zero-order chi connectivity index (χ0) is 30.6.